The highest BCUT2D eigenvalue weighted by Crippen LogP contribution is 2.41. The van der Waals surface area contributed by atoms with Gasteiger partial charge in [-0.25, -0.2) is 9.79 Å². The van der Waals surface area contributed by atoms with E-state index in [2.05, 4.69) is 36.9 Å². The standard InChI is InChI=1S/C29H24Br2N2O6S2/c1-5-38-27(35)24-15(2)32-29-33(25(24)18-13-21(36-3)22(37-4)14-19(18)30)26(34)23(41-29)12-16-11-20(31)28(39-16)40-17-9-7-6-8-10-17/h6-14,25H,5H2,1-4H3/b23-12+/t25-/m0/s1. The molecule has 8 nitrogen and oxygen atoms in total. The fourth-order valence-corrected chi connectivity index (χ4v) is 7.32. The Morgan fingerprint density at radius 2 is 1.83 bits per heavy atom. The first-order chi connectivity index (χ1) is 19.7. The minimum atomic E-state index is -0.825. The van der Waals surface area contributed by atoms with E-state index in [0.717, 1.165) is 9.37 Å². The first kappa shape index (κ1) is 29.4. The van der Waals surface area contributed by atoms with E-state index in [4.69, 9.17) is 18.6 Å². The maximum absolute atomic E-state index is 14.0. The van der Waals surface area contributed by atoms with Crippen molar-refractivity contribution in [2.45, 2.75) is 29.9 Å². The molecule has 0 N–H and O–H groups in total. The zero-order valence-electron chi connectivity index (χ0n) is 22.4. The fourth-order valence-electron chi connectivity index (χ4n) is 4.40. The van der Waals surface area contributed by atoms with Gasteiger partial charge in [-0.15, -0.1) is 0 Å². The molecule has 0 fully saturated rings. The van der Waals surface area contributed by atoms with Crippen LogP contribution in [0.5, 0.6) is 11.5 Å². The van der Waals surface area contributed by atoms with Crippen LogP contribution in [0.1, 0.15) is 31.2 Å². The minimum Gasteiger partial charge on any atom is -0.493 e. The van der Waals surface area contributed by atoms with Crippen LogP contribution in [-0.4, -0.2) is 31.4 Å². The van der Waals surface area contributed by atoms with Crippen LogP contribution in [0, 0.1) is 0 Å². The molecule has 0 aliphatic carbocycles. The summed E-state index contributed by atoms with van der Waals surface area (Å²) in [6.07, 6.45) is 1.69. The number of esters is 1. The monoisotopic (exact) mass is 718 g/mol. The molecule has 2 aromatic heterocycles. The van der Waals surface area contributed by atoms with Crippen LogP contribution in [0.3, 0.4) is 0 Å². The predicted octanol–water partition coefficient (Wildman–Crippen LogP) is 6.08. The predicted molar refractivity (Wildman–Crippen MR) is 165 cm³/mol. The minimum absolute atomic E-state index is 0.177. The largest absolute Gasteiger partial charge is 0.493 e. The molecular formula is C29H24Br2N2O6S2. The summed E-state index contributed by atoms with van der Waals surface area (Å²) in [4.78, 5) is 33.3. The smallest absolute Gasteiger partial charge is 0.338 e. The number of methoxy groups -OCH3 is 2. The number of allylic oxidation sites excluding steroid dienone is 1. The average molecular weight is 720 g/mol. The first-order valence-electron chi connectivity index (χ1n) is 12.4. The second-order valence-corrected chi connectivity index (χ2v) is 12.5. The molecule has 0 radical (unpaired) electrons. The van der Waals surface area contributed by atoms with Crippen molar-refractivity contribution in [3.8, 4) is 11.5 Å². The van der Waals surface area contributed by atoms with Crippen molar-refractivity contribution in [2.75, 3.05) is 20.8 Å². The molecule has 0 saturated heterocycles. The van der Waals surface area contributed by atoms with Crippen LogP contribution < -0.4 is 24.4 Å². The Morgan fingerprint density at radius 3 is 2.51 bits per heavy atom. The molecule has 0 spiro atoms. The van der Waals surface area contributed by atoms with E-state index in [1.807, 2.05) is 36.4 Å². The Morgan fingerprint density at radius 1 is 1.12 bits per heavy atom. The molecule has 1 aliphatic heterocycles. The molecule has 12 heteroatoms. The number of nitrogens with zero attached hydrogens (tertiary/aromatic N) is 2. The van der Waals surface area contributed by atoms with Gasteiger partial charge >= 0.3 is 5.97 Å². The lowest BCUT2D eigenvalue weighted by Crippen LogP contribution is -2.40. The molecule has 2 aromatic carbocycles. The third-order valence-corrected chi connectivity index (χ3v) is 9.73. The second-order valence-electron chi connectivity index (χ2n) is 8.73. The number of hydrogen-bond acceptors (Lipinski definition) is 9. The molecule has 0 unspecified atom stereocenters. The van der Waals surface area contributed by atoms with E-state index in [0.29, 0.717) is 47.4 Å². The summed E-state index contributed by atoms with van der Waals surface area (Å²) in [6.45, 7) is 3.65. The van der Waals surface area contributed by atoms with Gasteiger partial charge in [0.25, 0.3) is 5.56 Å². The lowest BCUT2D eigenvalue weighted by Gasteiger charge is -2.26. The fraction of sp³-hybridized carbons (Fsp3) is 0.207. The third kappa shape index (κ3) is 5.83. The zero-order valence-corrected chi connectivity index (χ0v) is 27.2. The SMILES string of the molecule is CCOC(=O)C1=C(C)N=c2s/c(=C/c3cc(Br)c(Sc4ccccc4)o3)c(=O)n2[C@H]1c1cc(OC)c(OC)cc1Br. The molecule has 1 atom stereocenters. The van der Waals surface area contributed by atoms with Crippen molar-refractivity contribution in [1.29, 1.82) is 0 Å². The van der Waals surface area contributed by atoms with Crippen molar-refractivity contribution in [3.05, 3.63) is 99.8 Å². The summed E-state index contributed by atoms with van der Waals surface area (Å²) in [7, 11) is 3.07. The molecule has 1 aliphatic rings. The van der Waals surface area contributed by atoms with Crippen molar-refractivity contribution >= 4 is 67.0 Å². The average Bonchev–Trinajstić information content (AvgIpc) is 3.45. The summed E-state index contributed by atoms with van der Waals surface area (Å²) in [5, 5.41) is 0.669. The molecule has 0 saturated carbocycles. The number of aromatic nitrogens is 1. The first-order valence-corrected chi connectivity index (χ1v) is 15.6. The number of thiazole rings is 1. The van der Waals surface area contributed by atoms with Crippen molar-refractivity contribution < 1.29 is 23.4 Å². The number of carbonyl (C=O) groups is 1. The summed E-state index contributed by atoms with van der Waals surface area (Å²) in [5.41, 5.74) is 1.03. The Labute approximate surface area is 260 Å². The second kappa shape index (κ2) is 12.4. The Hall–Kier alpha value is -3.06. The van der Waals surface area contributed by atoms with E-state index in [1.165, 1.54) is 41.9 Å². The highest BCUT2D eigenvalue weighted by molar-refractivity contribution is 9.10. The number of benzene rings is 2. The summed E-state index contributed by atoms with van der Waals surface area (Å²) in [5.74, 6) is 0.911. The third-order valence-electron chi connectivity index (χ3n) is 6.22. The van der Waals surface area contributed by atoms with Gasteiger partial charge < -0.3 is 18.6 Å². The van der Waals surface area contributed by atoms with Crippen LogP contribution in [0.2, 0.25) is 0 Å². The molecule has 41 heavy (non-hydrogen) atoms. The van der Waals surface area contributed by atoms with Gasteiger partial charge in [0.15, 0.2) is 21.4 Å². The number of fused-ring (bicyclic) bond motifs is 1. The van der Waals surface area contributed by atoms with Crippen molar-refractivity contribution in [1.82, 2.24) is 4.57 Å². The topological polar surface area (TPSA) is 92.3 Å². The van der Waals surface area contributed by atoms with Crippen molar-refractivity contribution in [2.24, 2.45) is 4.99 Å². The van der Waals surface area contributed by atoms with E-state index in [-0.39, 0.29) is 17.7 Å². The van der Waals surface area contributed by atoms with Crippen LogP contribution in [0.4, 0.5) is 0 Å². The Bertz CT molecular complexity index is 1840. The number of rotatable bonds is 8. The van der Waals surface area contributed by atoms with E-state index in [9.17, 15) is 9.59 Å². The van der Waals surface area contributed by atoms with E-state index in [1.54, 1.807) is 32.1 Å². The lowest BCUT2D eigenvalue weighted by molar-refractivity contribution is -0.139. The molecular weight excluding hydrogens is 696 g/mol. The van der Waals surface area contributed by atoms with Gasteiger partial charge in [0.2, 0.25) is 0 Å². The van der Waals surface area contributed by atoms with E-state index < -0.39 is 12.0 Å². The van der Waals surface area contributed by atoms with Crippen LogP contribution in [0.15, 0.2) is 92.9 Å². The van der Waals surface area contributed by atoms with Crippen LogP contribution in [0.25, 0.3) is 6.08 Å². The maximum atomic E-state index is 14.0. The molecule has 0 amide bonds. The summed E-state index contributed by atoms with van der Waals surface area (Å²) >= 11 is 9.87. The molecule has 0 bridgehead atoms. The molecule has 4 aromatic rings. The number of ether oxygens (including phenoxy) is 3. The number of furan rings is 1. The normalized spacial score (nSPS) is 15.0. The molecule has 5 rings (SSSR count). The van der Waals surface area contributed by atoms with Crippen molar-refractivity contribution in [3.63, 3.8) is 0 Å². The molecule has 3 heterocycles. The van der Waals surface area contributed by atoms with E-state index >= 15 is 0 Å². The summed E-state index contributed by atoms with van der Waals surface area (Å²) in [6, 6.07) is 14.3. The number of hydrogen-bond donors (Lipinski definition) is 0. The summed E-state index contributed by atoms with van der Waals surface area (Å²) < 4.78 is 25.8. The highest BCUT2D eigenvalue weighted by atomic mass is 79.9. The van der Waals surface area contributed by atoms with Gasteiger partial charge in [-0.3, -0.25) is 9.36 Å². The van der Waals surface area contributed by atoms with Gasteiger partial charge in [0, 0.05) is 15.4 Å². The van der Waals surface area contributed by atoms with Crippen LogP contribution in [-0.2, 0) is 9.53 Å². The highest BCUT2D eigenvalue weighted by Gasteiger charge is 2.35. The number of carbonyl (C=O) groups excluding carboxylic acids is 1. The Balaban J connectivity index is 1.66. The van der Waals surface area contributed by atoms with Gasteiger partial charge in [-0.05, 0) is 65.7 Å². The number of halogens is 2. The van der Waals surface area contributed by atoms with Gasteiger partial charge in [0.1, 0.15) is 5.76 Å². The lowest BCUT2D eigenvalue weighted by atomic mass is 9.95. The van der Waals surface area contributed by atoms with Gasteiger partial charge in [-0.2, -0.15) is 0 Å². The zero-order chi connectivity index (χ0) is 29.3. The maximum Gasteiger partial charge on any atom is 0.338 e. The van der Waals surface area contributed by atoms with Crippen LogP contribution >= 0.6 is 55.0 Å². The Kier molecular flexibility index (Phi) is 8.93. The molecule has 212 valence electrons. The van der Waals surface area contributed by atoms with Gasteiger partial charge in [0.05, 0.1) is 47.1 Å². The van der Waals surface area contributed by atoms with Gasteiger partial charge in [-0.1, -0.05) is 57.2 Å². The quantitative estimate of drug-likeness (QED) is 0.204.